The summed E-state index contributed by atoms with van der Waals surface area (Å²) in [6.45, 7) is 5.50. The van der Waals surface area contributed by atoms with E-state index in [0.717, 1.165) is 0 Å². The first-order chi connectivity index (χ1) is 12.7. The fraction of sp³-hybridized carbons (Fsp3) is 0.500. The molecule has 0 spiro atoms. The highest BCUT2D eigenvalue weighted by Gasteiger charge is 2.34. The molecule has 1 aliphatic rings. The third-order valence-corrected chi connectivity index (χ3v) is 4.64. The van der Waals surface area contributed by atoms with E-state index < -0.39 is 23.9 Å². The molecule has 2 rings (SSSR count). The minimum absolute atomic E-state index is 0.0996. The third kappa shape index (κ3) is 5.39. The smallest absolute Gasteiger partial charge is 0.310 e. The minimum atomic E-state index is -0.978. The van der Waals surface area contributed by atoms with Crippen molar-refractivity contribution >= 4 is 29.3 Å². The van der Waals surface area contributed by atoms with Crippen molar-refractivity contribution in [2.45, 2.75) is 39.7 Å². The van der Waals surface area contributed by atoms with Gasteiger partial charge in [-0.1, -0.05) is 26.0 Å². The molecule has 1 fully saturated rings. The highest BCUT2D eigenvalue weighted by molar-refractivity contribution is 5.99. The van der Waals surface area contributed by atoms with Crippen LogP contribution >= 0.6 is 0 Å². The summed E-state index contributed by atoms with van der Waals surface area (Å²) in [7, 11) is 1.70. The van der Waals surface area contributed by atoms with Crippen molar-refractivity contribution in [1.29, 1.82) is 0 Å². The maximum absolute atomic E-state index is 12.6. The first-order valence-corrected chi connectivity index (χ1v) is 9.05. The van der Waals surface area contributed by atoms with Crippen LogP contribution in [0.1, 0.15) is 44.0 Å². The van der Waals surface area contributed by atoms with Crippen LogP contribution in [-0.4, -0.2) is 48.2 Å². The van der Waals surface area contributed by atoms with Gasteiger partial charge in [-0.3, -0.25) is 19.2 Å². The van der Waals surface area contributed by atoms with Crippen LogP contribution in [0.2, 0.25) is 0 Å². The Labute approximate surface area is 159 Å². The van der Waals surface area contributed by atoms with Crippen molar-refractivity contribution in [2.75, 3.05) is 18.9 Å². The molecule has 0 bridgehead atoms. The molecule has 0 radical (unpaired) electrons. The number of nitrogens with zero attached hydrogens (tertiary/aromatic N) is 1. The molecule has 2 amide bonds. The second-order valence-corrected chi connectivity index (χ2v) is 7.23. The number of rotatable bonds is 6. The van der Waals surface area contributed by atoms with Gasteiger partial charge in [-0.15, -0.1) is 0 Å². The van der Waals surface area contributed by atoms with Crippen LogP contribution in [0.3, 0.4) is 0 Å². The number of hydrogen-bond acceptors (Lipinski definition) is 5. The maximum Gasteiger partial charge on any atom is 0.310 e. The maximum atomic E-state index is 12.6. The lowest BCUT2D eigenvalue weighted by molar-refractivity contribution is -0.164. The summed E-state index contributed by atoms with van der Waals surface area (Å²) in [5, 5.41) is 2.70. The molecule has 1 aromatic carbocycles. The number of Topliss-reactive ketones (excluding diaryl/α,β-unsaturated/α-hetero) is 1. The van der Waals surface area contributed by atoms with Crippen LogP contribution in [0, 0.1) is 11.8 Å². The molecule has 1 N–H and O–H groups in total. The standard InChI is InChI=1S/C20H26N2O5/c1-12(2)18(27-20(26)15-8-9-22(4)17(24)11-15)19(25)21-16-7-5-6-14(10-16)13(3)23/h5-7,10,12,15,18H,8-9,11H2,1-4H3,(H,21,25)/t15-,18-/m1/s1. The van der Waals surface area contributed by atoms with Gasteiger partial charge in [-0.2, -0.15) is 0 Å². The second-order valence-electron chi connectivity index (χ2n) is 7.23. The molecule has 7 heteroatoms. The van der Waals surface area contributed by atoms with Gasteiger partial charge >= 0.3 is 5.97 Å². The van der Waals surface area contributed by atoms with Crippen LogP contribution in [0.15, 0.2) is 24.3 Å². The molecule has 146 valence electrons. The van der Waals surface area contributed by atoms with E-state index in [9.17, 15) is 19.2 Å². The lowest BCUT2D eigenvalue weighted by atomic mass is 9.96. The Morgan fingerprint density at radius 1 is 1.26 bits per heavy atom. The fourth-order valence-corrected chi connectivity index (χ4v) is 2.89. The Kier molecular flexibility index (Phi) is 6.71. The zero-order chi connectivity index (χ0) is 20.1. The summed E-state index contributed by atoms with van der Waals surface area (Å²) >= 11 is 0. The number of likely N-dealkylation sites (tertiary alicyclic amines) is 1. The van der Waals surface area contributed by atoms with Gasteiger partial charge in [-0.05, 0) is 31.4 Å². The van der Waals surface area contributed by atoms with Gasteiger partial charge in [0.15, 0.2) is 11.9 Å². The highest BCUT2D eigenvalue weighted by atomic mass is 16.5. The van der Waals surface area contributed by atoms with Crippen molar-refractivity contribution < 1.29 is 23.9 Å². The number of esters is 1. The molecule has 2 atom stereocenters. The number of amides is 2. The molecule has 0 unspecified atom stereocenters. The topological polar surface area (TPSA) is 92.8 Å². The zero-order valence-corrected chi connectivity index (χ0v) is 16.2. The number of ether oxygens (including phenoxy) is 1. The van der Waals surface area contributed by atoms with Crippen molar-refractivity contribution in [3.8, 4) is 0 Å². The molecule has 1 heterocycles. The summed E-state index contributed by atoms with van der Waals surface area (Å²) in [4.78, 5) is 49.9. The quantitative estimate of drug-likeness (QED) is 0.609. The van der Waals surface area contributed by atoms with Gasteiger partial charge in [0, 0.05) is 31.3 Å². The SMILES string of the molecule is CC(=O)c1cccc(NC(=O)[C@H](OC(=O)[C@@H]2CCN(C)C(=O)C2)C(C)C)c1. The van der Waals surface area contributed by atoms with E-state index in [1.54, 1.807) is 50.1 Å². The van der Waals surface area contributed by atoms with Gasteiger partial charge in [0.05, 0.1) is 5.92 Å². The number of anilines is 1. The first kappa shape index (κ1) is 20.6. The molecular weight excluding hydrogens is 348 g/mol. The van der Waals surface area contributed by atoms with E-state index in [4.69, 9.17) is 4.74 Å². The summed E-state index contributed by atoms with van der Waals surface area (Å²) < 4.78 is 5.46. The summed E-state index contributed by atoms with van der Waals surface area (Å²) in [5.41, 5.74) is 0.944. The third-order valence-electron chi connectivity index (χ3n) is 4.64. The van der Waals surface area contributed by atoms with E-state index in [1.807, 2.05) is 0 Å². The second kappa shape index (κ2) is 8.79. The highest BCUT2D eigenvalue weighted by Crippen LogP contribution is 2.21. The number of benzene rings is 1. The van der Waals surface area contributed by atoms with Gasteiger partial charge in [0.2, 0.25) is 5.91 Å². The molecule has 27 heavy (non-hydrogen) atoms. The van der Waals surface area contributed by atoms with E-state index in [1.165, 1.54) is 6.92 Å². The average molecular weight is 374 g/mol. The molecule has 0 saturated carbocycles. The molecule has 1 saturated heterocycles. The molecule has 0 aliphatic carbocycles. The van der Waals surface area contributed by atoms with Crippen LogP contribution in [0.25, 0.3) is 0 Å². The number of carbonyl (C=O) groups excluding carboxylic acids is 4. The molecule has 1 aliphatic heterocycles. The van der Waals surface area contributed by atoms with Gasteiger partial charge < -0.3 is 15.0 Å². The number of nitrogens with one attached hydrogen (secondary N) is 1. The molecule has 1 aromatic rings. The summed E-state index contributed by atoms with van der Waals surface area (Å²) in [5.74, 6) is -1.96. The number of hydrogen-bond donors (Lipinski definition) is 1. The fourth-order valence-electron chi connectivity index (χ4n) is 2.89. The number of piperidine rings is 1. The minimum Gasteiger partial charge on any atom is -0.452 e. The van der Waals surface area contributed by atoms with Crippen molar-refractivity contribution in [1.82, 2.24) is 4.90 Å². The lowest BCUT2D eigenvalue weighted by Crippen LogP contribution is -2.42. The molecule has 0 aromatic heterocycles. The molecule has 7 nitrogen and oxygen atoms in total. The largest absolute Gasteiger partial charge is 0.452 e. The normalized spacial score (nSPS) is 18.2. The zero-order valence-electron chi connectivity index (χ0n) is 16.2. The van der Waals surface area contributed by atoms with Crippen LogP contribution < -0.4 is 5.32 Å². The Hall–Kier alpha value is -2.70. The van der Waals surface area contributed by atoms with Crippen LogP contribution in [0.4, 0.5) is 5.69 Å². The Bertz CT molecular complexity index is 744. The van der Waals surface area contributed by atoms with Crippen LogP contribution in [0.5, 0.6) is 0 Å². The lowest BCUT2D eigenvalue weighted by Gasteiger charge is -2.29. The monoisotopic (exact) mass is 374 g/mol. The Morgan fingerprint density at radius 2 is 1.96 bits per heavy atom. The predicted octanol–water partition coefficient (Wildman–Crippen LogP) is 2.26. The summed E-state index contributed by atoms with van der Waals surface area (Å²) in [6, 6.07) is 6.58. The van der Waals surface area contributed by atoms with Crippen LogP contribution in [-0.2, 0) is 19.1 Å². The van der Waals surface area contributed by atoms with Gasteiger partial charge in [0.1, 0.15) is 0 Å². The van der Waals surface area contributed by atoms with Gasteiger partial charge in [-0.25, -0.2) is 0 Å². The molecular formula is C20H26N2O5. The number of ketones is 1. The van der Waals surface area contributed by atoms with Crippen molar-refractivity contribution in [3.63, 3.8) is 0 Å². The average Bonchev–Trinajstić information content (AvgIpc) is 2.61. The van der Waals surface area contributed by atoms with E-state index in [0.29, 0.717) is 24.2 Å². The predicted molar refractivity (Wildman–Crippen MR) is 100 cm³/mol. The first-order valence-electron chi connectivity index (χ1n) is 9.05. The van der Waals surface area contributed by atoms with Crippen molar-refractivity contribution in [3.05, 3.63) is 29.8 Å². The van der Waals surface area contributed by atoms with Crippen molar-refractivity contribution in [2.24, 2.45) is 11.8 Å². The van der Waals surface area contributed by atoms with E-state index in [2.05, 4.69) is 5.32 Å². The number of carbonyl (C=O) groups is 4. The Morgan fingerprint density at radius 3 is 2.56 bits per heavy atom. The van der Waals surface area contributed by atoms with Gasteiger partial charge in [0.25, 0.3) is 5.91 Å². The summed E-state index contributed by atoms with van der Waals surface area (Å²) in [6.07, 6.45) is -0.357. The Balaban J connectivity index is 2.04. The van der Waals surface area contributed by atoms with E-state index >= 15 is 0 Å². The van der Waals surface area contributed by atoms with E-state index in [-0.39, 0.29) is 24.0 Å².